The lowest BCUT2D eigenvalue weighted by Crippen LogP contribution is -2.20. The Labute approximate surface area is 200 Å². The highest BCUT2D eigenvalue weighted by Gasteiger charge is 2.15. The summed E-state index contributed by atoms with van der Waals surface area (Å²) in [6.45, 7) is 2.58. The zero-order valence-corrected chi connectivity index (χ0v) is 20.1. The second kappa shape index (κ2) is 12.4. The molecule has 7 heteroatoms. The van der Waals surface area contributed by atoms with Gasteiger partial charge in [-0.3, -0.25) is 9.48 Å². The van der Waals surface area contributed by atoms with Crippen LogP contribution in [0.2, 0.25) is 0 Å². The molecule has 3 rings (SSSR count). The maximum absolute atomic E-state index is 13.7. The molecule has 2 N–H and O–H groups in total. The van der Waals surface area contributed by atoms with Crippen molar-refractivity contribution in [3.8, 4) is 11.4 Å². The van der Waals surface area contributed by atoms with Crippen molar-refractivity contribution in [2.75, 3.05) is 11.9 Å². The van der Waals surface area contributed by atoms with E-state index in [0.29, 0.717) is 6.54 Å². The van der Waals surface area contributed by atoms with Crippen LogP contribution in [0.1, 0.15) is 62.6 Å². The smallest absolute Gasteiger partial charge is 0.274 e. The molecule has 5 nitrogen and oxygen atoms in total. The summed E-state index contributed by atoms with van der Waals surface area (Å²) in [6, 6.07) is 11.5. The summed E-state index contributed by atoms with van der Waals surface area (Å²) >= 11 is 0. The number of hydrogen-bond donors (Lipinski definition) is 2. The van der Waals surface area contributed by atoms with Gasteiger partial charge in [0.25, 0.3) is 5.56 Å². The first-order chi connectivity index (χ1) is 16.4. The van der Waals surface area contributed by atoms with Crippen LogP contribution in [0.25, 0.3) is 5.69 Å². The molecule has 184 valence electrons. The molecule has 0 amide bonds. The van der Waals surface area contributed by atoms with E-state index in [4.69, 9.17) is 5.11 Å². The van der Waals surface area contributed by atoms with Crippen molar-refractivity contribution in [2.45, 2.75) is 64.7 Å². The van der Waals surface area contributed by atoms with Crippen LogP contribution in [-0.4, -0.2) is 21.0 Å². The number of nitrogens with one attached hydrogen (secondary N) is 1. The van der Waals surface area contributed by atoms with Crippen molar-refractivity contribution in [3.63, 3.8) is 0 Å². The molecule has 1 heterocycles. The van der Waals surface area contributed by atoms with Crippen LogP contribution in [0.5, 0.6) is 5.75 Å². The summed E-state index contributed by atoms with van der Waals surface area (Å²) in [5.41, 5.74) is 2.98. The highest BCUT2D eigenvalue weighted by atomic mass is 19.1. The number of anilines is 1. The van der Waals surface area contributed by atoms with Gasteiger partial charge in [0.2, 0.25) is 0 Å². The predicted octanol–water partition coefficient (Wildman–Crippen LogP) is 6.24. The van der Waals surface area contributed by atoms with Gasteiger partial charge in [0, 0.05) is 37.0 Å². The Balaban J connectivity index is 1.29. The highest BCUT2D eigenvalue weighted by molar-refractivity contribution is 5.48. The Morgan fingerprint density at radius 1 is 0.882 bits per heavy atom. The molecular formula is C27H35F2N3O2. The normalized spacial score (nSPS) is 11.2. The quantitative estimate of drug-likeness (QED) is 0.229. The molecule has 0 aliphatic carbocycles. The van der Waals surface area contributed by atoms with Crippen LogP contribution in [0.4, 0.5) is 14.5 Å². The van der Waals surface area contributed by atoms with Crippen LogP contribution in [0.3, 0.4) is 0 Å². The molecule has 0 unspecified atom stereocenters. The molecular weight excluding hydrogens is 436 g/mol. The summed E-state index contributed by atoms with van der Waals surface area (Å²) in [6.07, 6.45) is 9.38. The Bertz CT molecular complexity index is 1120. The summed E-state index contributed by atoms with van der Waals surface area (Å²) in [7, 11) is 1.93. The van der Waals surface area contributed by atoms with E-state index in [1.807, 2.05) is 49.0 Å². The minimum Gasteiger partial charge on any atom is -0.505 e. The summed E-state index contributed by atoms with van der Waals surface area (Å²) in [4.78, 5) is 12.9. The molecule has 3 aromatic rings. The number of unbranched alkanes of at least 4 members (excludes halogenated alkanes) is 7. The van der Waals surface area contributed by atoms with Gasteiger partial charge in [0.05, 0.1) is 11.4 Å². The molecule has 0 aliphatic heterocycles. The highest BCUT2D eigenvalue weighted by Crippen LogP contribution is 2.23. The number of phenols is 1. The minimum atomic E-state index is -0.826. The predicted molar refractivity (Wildman–Crippen MR) is 133 cm³/mol. The largest absolute Gasteiger partial charge is 0.505 e. The van der Waals surface area contributed by atoms with Crippen molar-refractivity contribution in [3.05, 3.63) is 75.7 Å². The lowest BCUT2D eigenvalue weighted by molar-refractivity contribution is 0.427. The van der Waals surface area contributed by atoms with Gasteiger partial charge in [-0.2, -0.15) is 0 Å². The van der Waals surface area contributed by atoms with Gasteiger partial charge >= 0.3 is 0 Å². The molecule has 0 spiro atoms. The SMILES string of the molecule is Cc1c(CCCCCCCCCCNc2cc(F)c(O)cc2F)c(=O)n(-c2ccccc2)n1C. The molecule has 2 aromatic carbocycles. The molecule has 1 aromatic heterocycles. The first-order valence-corrected chi connectivity index (χ1v) is 12.1. The van der Waals surface area contributed by atoms with Crippen molar-refractivity contribution in [2.24, 2.45) is 7.05 Å². The lowest BCUT2D eigenvalue weighted by atomic mass is 10.0. The first-order valence-electron chi connectivity index (χ1n) is 12.1. The number of aromatic nitrogens is 2. The second-order valence-corrected chi connectivity index (χ2v) is 8.83. The first kappa shape index (κ1) is 25.5. The number of benzene rings is 2. The molecule has 34 heavy (non-hydrogen) atoms. The maximum Gasteiger partial charge on any atom is 0.274 e. The topological polar surface area (TPSA) is 59.2 Å². The monoisotopic (exact) mass is 471 g/mol. The van der Waals surface area contributed by atoms with Gasteiger partial charge in [-0.25, -0.2) is 13.5 Å². The van der Waals surface area contributed by atoms with E-state index in [-0.39, 0.29) is 11.2 Å². The Morgan fingerprint density at radius 3 is 2.18 bits per heavy atom. The van der Waals surface area contributed by atoms with Gasteiger partial charge in [-0.05, 0) is 38.3 Å². The van der Waals surface area contributed by atoms with Crippen LogP contribution < -0.4 is 10.9 Å². The molecule has 0 fully saturated rings. The summed E-state index contributed by atoms with van der Waals surface area (Å²) in [5, 5.41) is 12.0. The average molecular weight is 472 g/mol. The maximum atomic E-state index is 13.7. The molecule has 0 aliphatic rings. The van der Waals surface area contributed by atoms with Gasteiger partial charge < -0.3 is 10.4 Å². The molecule has 0 radical (unpaired) electrons. The number of nitrogens with zero attached hydrogens (tertiary/aromatic N) is 2. The summed E-state index contributed by atoms with van der Waals surface area (Å²) in [5.74, 6) is -2.15. The van der Waals surface area contributed by atoms with E-state index in [1.165, 1.54) is 0 Å². The summed E-state index contributed by atoms with van der Waals surface area (Å²) < 4.78 is 30.6. The number of rotatable bonds is 13. The Kier molecular flexibility index (Phi) is 9.31. The fourth-order valence-corrected chi connectivity index (χ4v) is 4.29. The van der Waals surface area contributed by atoms with E-state index in [9.17, 15) is 13.6 Å². The lowest BCUT2D eigenvalue weighted by Gasteiger charge is -2.08. The van der Waals surface area contributed by atoms with Gasteiger partial charge in [0.1, 0.15) is 5.82 Å². The standard InChI is InChI=1S/C27H35F2N3O2/c1-20-22(27(34)32(31(20)2)21-14-10-9-11-15-21)16-12-7-5-3-4-6-8-13-17-30-25-18-24(29)26(33)19-23(25)28/h9-11,14-15,18-19,30,33H,3-8,12-13,16-17H2,1-2H3. The van der Waals surface area contributed by atoms with Crippen molar-refractivity contribution >= 4 is 5.69 Å². The van der Waals surface area contributed by atoms with E-state index in [2.05, 4.69) is 5.32 Å². The van der Waals surface area contributed by atoms with Gasteiger partial charge in [-0.1, -0.05) is 56.7 Å². The molecule has 0 bridgehead atoms. The fourth-order valence-electron chi connectivity index (χ4n) is 4.29. The van der Waals surface area contributed by atoms with Crippen LogP contribution in [0.15, 0.2) is 47.3 Å². The number of para-hydroxylation sites is 1. The average Bonchev–Trinajstić information content (AvgIpc) is 3.03. The van der Waals surface area contributed by atoms with E-state index in [1.54, 1.807) is 4.68 Å². The van der Waals surface area contributed by atoms with Gasteiger partial charge in [0.15, 0.2) is 11.6 Å². The Morgan fingerprint density at radius 2 is 1.50 bits per heavy atom. The number of halogens is 2. The van der Waals surface area contributed by atoms with Gasteiger partial charge in [-0.15, -0.1) is 0 Å². The number of aromatic hydroxyl groups is 1. The number of hydrogen-bond acceptors (Lipinski definition) is 3. The van der Waals surface area contributed by atoms with Crippen molar-refractivity contribution in [1.82, 2.24) is 9.36 Å². The second-order valence-electron chi connectivity index (χ2n) is 8.83. The third kappa shape index (κ3) is 6.49. The molecule has 0 atom stereocenters. The third-order valence-corrected chi connectivity index (χ3v) is 6.38. The minimum absolute atomic E-state index is 0.0785. The zero-order chi connectivity index (χ0) is 24.5. The van der Waals surface area contributed by atoms with E-state index in [0.717, 1.165) is 86.9 Å². The Hall–Kier alpha value is -3.09. The van der Waals surface area contributed by atoms with E-state index < -0.39 is 17.4 Å². The number of phenolic OH excluding ortho intramolecular Hbond substituents is 1. The molecule has 0 saturated carbocycles. The fraction of sp³-hybridized carbons (Fsp3) is 0.444. The van der Waals surface area contributed by atoms with Crippen LogP contribution >= 0.6 is 0 Å². The van der Waals surface area contributed by atoms with Crippen LogP contribution in [0, 0.1) is 18.6 Å². The third-order valence-electron chi connectivity index (χ3n) is 6.38. The van der Waals surface area contributed by atoms with Crippen molar-refractivity contribution in [1.29, 1.82) is 0 Å². The van der Waals surface area contributed by atoms with Crippen molar-refractivity contribution < 1.29 is 13.9 Å². The zero-order valence-electron chi connectivity index (χ0n) is 20.1. The van der Waals surface area contributed by atoms with Crippen LogP contribution in [-0.2, 0) is 13.5 Å². The van der Waals surface area contributed by atoms with E-state index >= 15 is 0 Å². The molecule has 0 saturated heterocycles.